The molecule has 1 amide bonds. The first-order valence-corrected chi connectivity index (χ1v) is 10.5. The van der Waals surface area contributed by atoms with Crippen molar-refractivity contribution in [1.29, 1.82) is 0 Å². The van der Waals surface area contributed by atoms with E-state index in [9.17, 15) is 18.4 Å². The summed E-state index contributed by atoms with van der Waals surface area (Å²) in [6, 6.07) is 13.8. The Morgan fingerprint density at radius 1 is 1.04 bits per heavy atom. The molecule has 0 unspecified atom stereocenters. The van der Waals surface area contributed by atoms with Crippen molar-refractivity contribution in [2.24, 2.45) is 0 Å². The number of hydroxylamine groups is 2. The molecule has 0 bridgehead atoms. The van der Waals surface area contributed by atoms with E-state index in [-0.39, 0.29) is 43.1 Å². The van der Waals surface area contributed by atoms with Crippen molar-refractivity contribution in [3.63, 3.8) is 0 Å². The Morgan fingerprint density at radius 3 is 2.07 bits per heavy atom. The van der Waals surface area contributed by atoms with E-state index in [1.165, 1.54) is 12.1 Å². The predicted molar refractivity (Wildman–Crippen MR) is 101 cm³/mol. The maximum atomic E-state index is 12.9. The molecule has 0 aromatic heterocycles. The van der Waals surface area contributed by atoms with Gasteiger partial charge < -0.3 is 4.74 Å². The van der Waals surface area contributed by atoms with Crippen molar-refractivity contribution >= 4 is 27.8 Å². The van der Waals surface area contributed by atoms with Crippen LogP contribution in [0.5, 0.6) is 0 Å². The van der Waals surface area contributed by atoms with Crippen LogP contribution in [0.25, 0.3) is 11.1 Å². The van der Waals surface area contributed by atoms with Crippen molar-refractivity contribution in [2.75, 3.05) is 19.0 Å². The quantitative estimate of drug-likeness (QED) is 0.450. The summed E-state index contributed by atoms with van der Waals surface area (Å²) in [5, 5.41) is 11.1. The van der Waals surface area contributed by atoms with E-state index in [2.05, 4.69) is 0 Å². The summed E-state index contributed by atoms with van der Waals surface area (Å²) in [5.74, 6) is -0.362. The van der Waals surface area contributed by atoms with Gasteiger partial charge in [0.05, 0.1) is 16.2 Å². The van der Waals surface area contributed by atoms with Crippen LogP contribution in [0.1, 0.15) is 12.8 Å². The summed E-state index contributed by atoms with van der Waals surface area (Å²) in [5.41, 5.74) is 0.614. The molecule has 6 nitrogen and oxygen atoms in total. The van der Waals surface area contributed by atoms with Gasteiger partial charge in [-0.1, -0.05) is 35.9 Å². The molecular weight excluding hydrogens is 390 g/mol. The number of amides is 1. The maximum Gasteiger partial charge on any atom is 0.233 e. The van der Waals surface area contributed by atoms with Crippen molar-refractivity contribution in [1.82, 2.24) is 5.06 Å². The summed E-state index contributed by atoms with van der Waals surface area (Å²) >= 11 is 5.89. The second-order valence-electron chi connectivity index (χ2n) is 6.58. The molecule has 1 fully saturated rings. The number of carbonyl (C=O) groups is 1. The average Bonchev–Trinajstić information content (AvgIpc) is 2.68. The summed E-state index contributed by atoms with van der Waals surface area (Å²) < 4.78 is 31.1. The number of sulfone groups is 1. The SMILES string of the molecule is O=CN(O)C1(CS(=O)(=O)c2ccc(-c3ccc(Cl)cc3)cc2)CCOCC1. The molecule has 0 aliphatic carbocycles. The molecule has 1 heterocycles. The van der Waals surface area contributed by atoms with Gasteiger partial charge in [0.25, 0.3) is 0 Å². The minimum atomic E-state index is -3.72. The lowest BCUT2D eigenvalue weighted by molar-refractivity contribution is -0.188. The minimum absolute atomic E-state index is 0.144. The predicted octanol–water partition coefficient (Wildman–Crippen LogP) is 3.18. The Hall–Kier alpha value is -1.93. The highest BCUT2D eigenvalue weighted by Crippen LogP contribution is 2.31. The number of nitrogens with zero attached hydrogens (tertiary/aromatic N) is 1. The smallest absolute Gasteiger partial charge is 0.233 e. The molecule has 0 atom stereocenters. The lowest BCUT2D eigenvalue weighted by Crippen LogP contribution is -2.54. The number of hydrogen-bond donors (Lipinski definition) is 1. The lowest BCUT2D eigenvalue weighted by Gasteiger charge is -2.40. The van der Waals surface area contributed by atoms with Gasteiger partial charge in [-0.05, 0) is 48.2 Å². The van der Waals surface area contributed by atoms with Crippen molar-refractivity contribution in [2.45, 2.75) is 23.3 Å². The molecule has 1 N–H and O–H groups in total. The molecule has 1 aliphatic heterocycles. The Kier molecular flexibility index (Phi) is 5.86. The normalized spacial score (nSPS) is 16.7. The number of ether oxygens (including phenoxy) is 1. The first-order chi connectivity index (χ1) is 12.9. The fourth-order valence-corrected chi connectivity index (χ4v) is 5.21. The van der Waals surface area contributed by atoms with Gasteiger partial charge in [0.1, 0.15) is 0 Å². The summed E-state index contributed by atoms with van der Waals surface area (Å²) in [7, 11) is -3.72. The molecule has 2 aromatic carbocycles. The molecule has 3 rings (SSSR count). The van der Waals surface area contributed by atoms with Crippen LogP contribution >= 0.6 is 11.6 Å². The second kappa shape index (κ2) is 7.98. The molecule has 1 saturated heterocycles. The van der Waals surface area contributed by atoms with Crippen LogP contribution in [-0.2, 0) is 19.4 Å². The van der Waals surface area contributed by atoms with E-state index < -0.39 is 15.4 Å². The third kappa shape index (κ3) is 4.32. The molecule has 0 spiro atoms. The van der Waals surface area contributed by atoms with E-state index >= 15 is 0 Å². The fourth-order valence-electron chi connectivity index (χ4n) is 3.24. The molecule has 2 aromatic rings. The highest BCUT2D eigenvalue weighted by molar-refractivity contribution is 7.91. The van der Waals surface area contributed by atoms with Crippen LogP contribution in [0.3, 0.4) is 0 Å². The van der Waals surface area contributed by atoms with Crippen LogP contribution in [0.2, 0.25) is 5.02 Å². The van der Waals surface area contributed by atoms with E-state index in [1.54, 1.807) is 24.3 Å². The summed E-state index contributed by atoms with van der Waals surface area (Å²) in [6.07, 6.45) is 0.763. The number of rotatable bonds is 6. The van der Waals surface area contributed by atoms with Crippen LogP contribution < -0.4 is 0 Å². The lowest BCUT2D eigenvalue weighted by atomic mass is 9.92. The first-order valence-electron chi connectivity index (χ1n) is 8.46. The molecular formula is C19H20ClNO5S. The molecule has 0 saturated carbocycles. The number of hydrogen-bond acceptors (Lipinski definition) is 5. The number of benzene rings is 2. The Balaban J connectivity index is 1.85. The Bertz CT molecular complexity index is 891. The molecule has 8 heteroatoms. The fraction of sp³-hybridized carbons (Fsp3) is 0.316. The molecule has 144 valence electrons. The van der Waals surface area contributed by atoms with Crippen LogP contribution in [0.15, 0.2) is 53.4 Å². The molecule has 27 heavy (non-hydrogen) atoms. The highest BCUT2D eigenvalue weighted by atomic mass is 35.5. The summed E-state index contributed by atoms with van der Waals surface area (Å²) in [6.45, 7) is 0.575. The third-order valence-electron chi connectivity index (χ3n) is 4.86. The van der Waals surface area contributed by atoms with Gasteiger partial charge >= 0.3 is 0 Å². The van der Waals surface area contributed by atoms with Crippen molar-refractivity contribution < 1.29 is 23.2 Å². The van der Waals surface area contributed by atoms with Crippen LogP contribution in [-0.4, -0.2) is 49.6 Å². The van der Waals surface area contributed by atoms with Crippen molar-refractivity contribution in [3.8, 4) is 11.1 Å². The van der Waals surface area contributed by atoms with E-state index in [4.69, 9.17) is 16.3 Å². The Morgan fingerprint density at radius 2 is 1.56 bits per heavy atom. The largest absolute Gasteiger partial charge is 0.381 e. The summed E-state index contributed by atoms with van der Waals surface area (Å²) in [4.78, 5) is 11.2. The zero-order valence-electron chi connectivity index (χ0n) is 14.5. The standard InChI is InChI=1S/C19H20ClNO5S/c20-17-5-1-15(2-6-17)16-3-7-18(8-4-16)27(24,25)13-19(21(23)14-22)9-11-26-12-10-19/h1-8,14,23H,9-13H2. The zero-order chi connectivity index (χ0) is 19.5. The topological polar surface area (TPSA) is 83.9 Å². The molecule has 1 aliphatic rings. The second-order valence-corrected chi connectivity index (χ2v) is 9.00. The van der Waals surface area contributed by atoms with Gasteiger partial charge in [0.15, 0.2) is 9.84 Å². The monoisotopic (exact) mass is 409 g/mol. The number of halogens is 1. The van der Waals surface area contributed by atoms with Crippen molar-refractivity contribution in [3.05, 3.63) is 53.6 Å². The zero-order valence-corrected chi connectivity index (χ0v) is 16.1. The van der Waals surface area contributed by atoms with Gasteiger partial charge in [-0.3, -0.25) is 10.0 Å². The van der Waals surface area contributed by atoms with Gasteiger partial charge in [-0.2, -0.15) is 0 Å². The van der Waals surface area contributed by atoms with E-state index in [0.29, 0.717) is 10.1 Å². The van der Waals surface area contributed by atoms with Gasteiger partial charge in [-0.25, -0.2) is 13.5 Å². The molecule has 0 radical (unpaired) electrons. The third-order valence-corrected chi connectivity index (χ3v) is 7.02. The van der Waals surface area contributed by atoms with Crippen LogP contribution in [0, 0.1) is 0 Å². The maximum absolute atomic E-state index is 12.9. The van der Waals surface area contributed by atoms with Crippen LogP contribution in [0.4, 0.5) is 0 Å². The van der Waals surface area contributed by atoms with E-state index in [1.807, 2.05) is 12.1 Å². The Labute approximate surface area is 163 Å². The van der Waals surface area contributed by atoms with E-state index in [0.717, 1.165) is 11.1 Å². The minimum Gasteiger partial charge on any atom is -0.381 e. The highest BCUT2D eigenvalue weighted by Gasteiger charge is 2.42. The average molecular weight is 410 g/mol. The van der Waals surface area contributed by atoms with Gasteiger partial charge in [0, 0.05) is 18.2 Å². The van der Waals surface area contributed by atoms with Gasteiger partial charge in [0.2, 0.25) is 6.41 Å². The number of carbonyl (C=O) groups excluding carboxylic acids is 1. The first kappa shape index (κ1) is 19.8. The van der Waals surface area contributed by atoms with Gasteiger partial charge in [-0.15, -0.1) is 0 Å².